The maximum Gasteiger partial charge on any atom is 0.251 e. The van der Waals surface area contributed by atoms with Crippen molar-refractivity contribution in [1.82, 2.24) is 20.1 Å². The van der Waals surface area contributed by atoms with Gasteiger partial charge >= 0.3 is 0 Å². The fourth-order valence-corrected chi connectivity index (χ4v) is 3.98. The number of rotatable bonds is 5. The topological polar surface area (TPSA) is 63.1 Å². The van der Waals surface area contributed by atoms with Gasteiger partial charge < -0.3 is 10.2 Å². The summed E-state index contributed by atoms with van der Waals surface area (Å²) >= 11 is 6.23. The van der Waals surface area contributed by atoms with Crippen LogP contribution in [0.25, 0.3) is 5.69 Å². The number of nitrogens with zero attached hydrogens (tertiary/aromatic N) is 4. The summed E-state index contributed by atoms with van der Waals surface area (Å²) in [6.45, 7) is 8.67. The molecule has 4 rings (SSSR count). The number of benzene rings is 1. The fourth-order valence-electron chi connectivity index (χ4n) is 3.86. The molecule has 0 radical (unpaired) electrons. The van der Waals surface area contributed by atoms with Crippen molar-refractivity contribution in [2.75, 3.05) is 18.0 Å². The number of aromatic nitrogens is 3. The minimum atomic E-state index is -0.118. The van der Waals surface area contributed by atoms with E-state index < -0.39 is 0 Å². The van der Waals surface area contributed by atoms with Gasteiger partial charge in [0.15, 0.2) is 0 Å². The Morgan fingerprint density at radius 3 is 2.42 bits per heavy atom. The molecule has 1 saturated heterocycles. The standard InChI is InChI=1S/C24H28ClN5O/c1-16-10-12-29(13-11-16)22-9-4-19(14-26-22)15-27-24(31)20-5-7-21(8-6-20)30-18(3)23(25)17(2)28-30/h4-9,14,16H,10-13,15H2,1-3H3,(H,27,31). The molecule has 162 valence electrons. The van der Waals surface area contributed by atoms with Gasteiger partial charge in [-0.15, -0.1) is 0 Å². The number of aryl methyl sites for hydroxylation is 1. The third kappa shape index (κ3) is 4.74. The summed E-state index contributed by atoms with van der Waals surface area (Å²) in [7, 11) is 0. The Bertz CT molecular complexity index is 1050. The van der Waals surface area contributed by atoms with Crippen LogP contribution in [0.1, 0.15) is 47.1 Å². The van der Waals surface area contributed by atoms with Crippen molar-refractivity contribution in [1.29, 1.82) is 0 Å². The van der Waals surface area contributed by atoms with E-state index in [2.05, 4.69) is 27.2 Å². The first kappa shape index (κ1) is 21.4. The molecule has 0 unspecified atom stereocenters. The van der Waals surface area contributed by atoms with Gasteiger partial charge in [-0.25, -0.2) is 9.67 Å². The lowest BCUT2D eigenvalue weighted by molar-refractivity contribution is 0.0951. The molecule has 7 heteroatoms. The Hall–Kier alpha value is -2.86. The van der Waals surface area contributed by atoms with Gasteiger partial charge in [-0.2, -0.15) is 5.10 Å². The quantitative estimate of drug-likeness (QED) is 0.628. The summed E-state index contributed by atoms with van der Waals surface area (Å²) < 4.78 is 1.79. The van der Waals surface area contributed by atoms with Crippen LogP contribution in [-0.2, 0) is 6.54 Å². The van der Waals surface area contributed by atoms with Gasteiger partial charge in [0.1, 0.15) is 5.82 Å². The molecule has 1 N–H and O–H groups in total. The summed E-state index contributed by atoms with van der Waals surface area (Å²) in [6.07, 6.45) is 4.28. The lowest BCUT2D eigenvalue weighted by atomic mass is 9.99. The van der Waals surface area contributed by atoms with Crippen LogP contribution in [-0.4, -0.2) is 33.8 Å². The Morgan fingerprint density at radius 1 is 1.13 bits per heavy atom. The van der Waals surface area contributed by atoms with Crippen LogP contribution < -0.4 is 10.2 Å². The highest BCUT2D eigenvalue weighted by Crippen LogP contribution is 2.23. The van der Waals surface area contributed by atoms with Crippen molar-refractivity contribution >= 4 is 23.3 Å². The zero-order valence-corrected chi connectivity index (χ0v) is 19.0. The fraction of sp³-hybridized carbons (Fsp3) is 0.375. The summed E-state index contributed by atoms with van der Waals surface area (Å²) in [5.41, 5.74) is 4.12. The Labute approximate surface area is 188 Å². The van der Waals surface area contributed by atoms with E-state index in [1.165, 1.54) is 12.8 Å². The Morgan fingerprint density at radius 2 is 1.84 bits per heavy atom. The van der Waals surface area contributed by atoms with Gasteiger partial charge in [0.05, 0.1) is 22.1 Å². The maximum atomic E-state index is 12.6. The van der Waals surface area contributed by atoms with Crippen LogP contribution in [0, 0.1) is 19.8 Å². The molecule has 1 amide bonds. The van der Waals surface area contributed by atoms with Crippen LogP contribution in [0.15, 0.2) is 42.6 Å². The number of pyridine rings is 1. The molecule has 0 aliphatic carbocycles. The molecule has 1 aliphatic heterocycles. The number of halogens is 1. The van der Waals surface area contributed by atoms with Gasteiger partial charge in [0, 0.05) is 31.4 Å². The molecule has 0 bridgehead atoms. The first-order chi connectivity index (χ1) is 14.9. The number of carbonyl (C=O) groups excluding carboxylic acids is 1. The van der Waals surface area contributed by atoms with E-state index in [4.69, 9.17) is 11.6 Å². The van der Waals surface area contributed by atoms with Gasteiger partial charge in [-0.1, -0.05) is 24.6 Å². The third-order valence-electron chi connectivity index (χ3n) is 5.95. The van der Waals surface area contributed by atoms with Crippen LogP contribution in [0.5, 0.6) is 0 Å². The zero-order chi connectivity index (χ0) is 22.0. The Balaban J connectivity index is 1.35. The number of anilines is 1. The summed E-state index contributed by atoms with van der Waals surface area (Å²) in [6, 6.07) is 11.4. The smallest absolute Gasteiger partial charge is 0.251 e. The number of carbonyl (C=O) groups is 1. The predicted molar refractivity (Wildman–Crippen MR) is 124 cm³/mol. The highest BCUT2D eigenvalue weighted by atomic mass is 35.5. The van der Waals surface area contributed by atoms with E-state index in [-0.39, 0.29) is 5.91 Å². The lowest BCUT2D eigenvalue weighted by Gasteiger charge is -2.31. The van der Waals surface area contributed by atoms with Crippen molar-refractivity contribution in [3.05, 3.63) is 70.1 Å². The van der Waals surface area contributed by atoms with Crippen molar-refractivity contribution in [2.45, 2.75) is 40.2 Å². The van der Waals surface area contributed by atoms with Crippen molar-refractivity contribution in [3.63, 3.8) is 0 Å². The highest BCUT2D eigenvalue weighted by molar-refractivity contribution is 6.31. The van der Waals surface area contributed by atoms with Gasteiger partial charge in [0.25, 0.3) is 5.91 Å². The molecule has 31 heavy (non-hydrogen) atoms. The molecule has 6 nitrogen and oxygen atoms in total. The minimum absolute atomic E-state index is 0.118. The first-order valence-corrected chi connectivity index (χ1v) is 11.1. The summed E-state index contributed by atoms with van der Waals surface area (Å²) in [5.74, 6) is 1.69. The zero-order valence-electron chi connectivity index (χ0n) is 18.2. The molecule has 1 aromatic carbocycles. The molecule has 1 aliphatic rings. The molecule has 0 atom stereocenters. The Kier molecular flexibility index (Phi) is 6.28. The lowest BCUT2D eigenvalue weighted by Crippen LogP contribution is -2.33. The number of hydrogen-bond donors (Lipinski definition) is 1. The SMILES string of the molecule is Cc1nn(-c2ccc(C(=O)NCc3ccc(N4CCC(C)CC4)nc3)cc2)c(C)c1Cl. The second kappa shape index (κ2) is 9.10. The normalized spacial score (nSPS) is 14.6. The number of nitrogens with one attached hydrogen (secondary N) is 1. The monoisotopic (exact) mass is 437 g/mol. The minimum Gasteiger partial charge on any atom is -0.357 e. The van der Waals surface area contributed by atoms with Gasteiger partial charge in [0.2, 0.25) is 0 Å². The molecular weight excluding hydrogens is 410 g/mol. The molecule has 0 spiro atoms. The molecule has 0 saturated carbocycles. The molecule has 1 fully saturated rings. The van der Waals surface area contributed by atoms with Crippen LogP contribution in [0.3, 0.4) is 0 Å². The van der Waals surface area contributed by atoms with E-state index in [1.54, 1.807) is 16.8 Å². The number of piperidine rings is 1. The van der Waals surface area contributed by atoms with Crippen molar-refractivity contribution in [2.24, 2.45) is 5.92 Å². The second-order valence-electron chi connectivity index (χ2n) is 8.32. The first-order valence-electron chi connectivity index (χ1n) is 10.7. The van der Waals surface area contributed by atoms with E-state index in [0.717, 1.165) is 47.5 Å². The molecule has 3 aromatic rings. The number of hydrogen-bond acceptors (Lipinski definition) is 4. The van der Waals surface area contributed by atoms with E-state index in [1.807, 2.05) is 44.3 Å². The van der Waals surface area contributed by atoms with E-state index in [9.17, 15) is 4.79 Å². The molecular formula is C24H28ClN5O. The third-order valence-corrected chi connectivity index (χ3v) is 6.49. The van der Waals surface area contributed by atoms with E-state index in [0.29, 0.717) is 17.1 Å². The average molecular weight is 438 g/mol. The van der Waals surface area contributed by atoms with Crippen LogP contribution in [0.2, 0.25) is 5.02 Å². The van der Waals surface area contributed by atoms with Crippen molar-refractivity contribution in [3.8, 4) is 5.69 Å². The molecule has 2 aromatic heterocycles. The number of amides is 1. The summed E-state index contributed by atoms with van der Waals surface area (Å²) in [5, 5.41) is 8.08. The van der Waals surface area contributed by atoms with Crippen LogP contribution in [0.4, 0.5) is 5.82 Å². The van der Waals surface area contributed by atoms with Crippen LogP contribution >= 0.6 is 11.6 Å². The average Bonchev–Trinajstić information content (AvgIpc) is 3.06. The van der Waals surface area contributed by atoms with Crippen molar-refractivity contribution < 1.29 is 4.79 Å². The summed E-state index contributed by atoms with van der Waals surface area (Å²) in [4.78, 5) is 19.5. The second-order valence-corrected chi connectivity index (χ2v) is 8.70. The maximum absolute atomic E-state index is 12.6. The van der Waals surface area contributed by atoms with Gasteiger partial charge in [-0.05, 0) is 68.5 Å². The largest absolute Gasteiger partial charge is 0.357 e. The highest BCUT2D eigenvalue weighted by Gasteiger charge is 2.17. The van der Waals surface area contributed by atoms with Gasteiger partial charge in [-0.3, -0.25) is 4.79 Å². The van der Waals surface area contributed by atoms with E-state index >= 15 is 0 Å². The molecule has 3 heterocycles. The predicted octanol–water partition coefficient (Wildman–Crippen LogP) is 4.70.